The first-order valence-corrected chi connectivity index (χ1v) is 9.19. The molecule has 0 unspecified atom stereocenters. The Kier molecular flexibility index (Phi) is 6.37. The van der Waals surface area contributed by atoms with Crippen LogP contribution >= 0.6 is 0 Å². The predicted octanol–water partition coefficient (Wildman–Crippen LogP) is 1.78. The van der Waals surface area contributed by atoms with E-state index in [1.54, 1.807) is 43.4 Å². The van der Waals surface area contributed by atoms with Crippen LogP contribution in [0.4, 0.5) is 5.69 Å². The minimum absolute atomic E-state index is 0.0186. The number of piperazine rings is 1. The van der Waals surface area contributed by atoms with Crippen LogP contribution in [0.2, 0.25) is 0 Å². The first kappa shape index (κ1) is 19.5. The van der Waals surface area contributed by atoms with Gasteiger partial charge in [-0.25, -0.2) is 0 Å². The van der Waals surface area contributed by atoms with Gasteiger partial charge >= 0.3 is 0 Å². The van der Waals surface area contributed by atoms with Gasteiger partial charge in [0.15, 0.2) is 0 Å². The topological polar surface area (TPSA) is 71.1 Å². The molecule has 0 aliphatic carbocycles. The van der Waals surface area contributed by atoms with Gasteiger partial charge in [-0.3, -0.25) is 9.59 Å². The van der Waals surface area contributed by atoms with Gasteiger partial charge in [-0.2, -0.15) is 0 Å². The van der Waals surface area contributed by atoms with E-state index < -0.39 is 0 Å². The van der Waals surface area contributed by atoms with Crippen LogP contribution in [0.1, 0.15) is 10.4 Å². The van der Waals surface area contributed by atoms with E-state index >= 15 is 0 Å². The van der Waals surface area contributed by atoms with E-state index in [1.807, 2.05) is 24.3 Å². The maximum absolute atomic E-state index is 12.4. The lowest BCUT2D eigenvalue weighted by Gasteiger charge is -2.36. The summed E-state index contributed by atoms with van der Waals surface area (Å²) in [5, 5.41) is 2.69. The van der Waals surface area contributed by atoms with Crippen molar-refractivity contribution in [3.05, 3.63) is 54.1 Å². The minimum atomic E-state index is -0.290. The summed E-state index contributed by atoms with van der Waals surface area (Å²) in [7, 11) is 3.20. The predicted molar refractivity (Wildman–Crippen MR) is 107 cm³/mol. The molecule has 2 aromatic rings. The van der Waals surface area contributed by atoms with Crippen LogP contribution in [0.5, 0.6) is 11.5 Å². The number of hydrogen-bond donors (Lipinski definition) is 1. The van der Waals surface area contributed by atoms with Gasteiger partial charge in [-0.1, -0.05) is 12.1 Å². The van der Waals surface area contributed by atoms with Gasteiger partial charge in [0, 0.05) is 43.5 Å². The molecular weight excluding hydrogens is 358 g/mol. The molecule has 28 heavy (non-hydrogen) atoms. The molecule has 3 rings (SSSR count). The Hall–Kier alpha value is -3.22. The smallest absolute Gasteiger partial charge is 0.251 e. The van der Waals surface area contributed by atoms with Crippen molar-refractivity contribution in [1.29, 1.82) is 0 Å². The van der Waals surface area contributed by atoms with Crippen molar-refractivity contribution in [1.82, 2.24) is 10.2 Å². The van der Waals surface area contributed by atoms with E-state index in [0.29, 0.717) is 24.4 Å². The first-order valence-electron chi connectivity index (χ1n) is 9.19. The lowest BCUT2D eigenvalue weighted by Crippen LogP contribution is -2.51. The van der Waals surface area contributed by atoms with Gasteiger partial charge in [-0.15, -0.1) is 0 Å². The molecule has 0 saturated carbocycles. The highest BCUT2D eigenvalue weighted by Gasteiger charge is 2.22. The zero-order valence-corrected chi connectivity index (χ0v) is 16.2. The third-order valence-corrected chi connectivity index (χ3v) is 4.78. The molecule has 1 aliphatic rings. The summed E-state index contributed by atoms with van der Waals surface area (Å²) in [6.45, 7) is 2.69. The van der Waals surface area contributed by atoms with Gasteiger partial charge in [0.2, 0.25) is 5.91 Å². The van der Waals surface area contributed by atoms with Crippen molar-refractivity contribution < 1.29 is 19.1 Å². The summed E-state index contributed by atoms with van der Waals surface area (Å²) in [6.07, 6.45) is 0. The molecule has 7 heteroatoms. The maximum Gasteiger partial charge on any atom is 0.251 e. The molecule has 0 atom stereocenters. The quantitative estimate of drug-likeness (QED) is 0.823. The van der Waals surface area contributed by atoms with E-state index in [4.69, 9.17) is 9.47 Å². The summed E-state index contributed by atoms with van der Waals surface area (Å²) in [5.74, 6) is 1.05. The van der Waals surface area contributed by atoms with Crippen LogP contribution in [0, 0.1) is 0 Å². The summed E-state index contributed by atoms with van der Waals surface area (Å²) >= 11 is 0. The molecule has 2 amide bonds. The fourth-order valence-corrected chi connectivity index (χ4v) is 3.16. The number of benzene rings is 2. The van der Waals surface area contributed by atoms with Gasteiger partial charge in [0.05, 0.1) is 20.8 Å². The van der Waals surface area contributed by atoms with E-state index in [1.165, 1.54) is 0 Å². The van der Waals surface area contributed by atoms with Crippen LogP contribution in [-0.4, -0.2) is 63.7 Å². The van der Waals surface area contributed by atoms with Crippen LogP contribution < -0.4 is 19.7 Å². The number of methoxy groups -OCH3 is 2. The second-order valence-electron chi connectivity index (χ2n) is 6.48. The van der Waals surface area contributed by atoms with Gasteiger partial charge in [0.1, 0.15) is 11.5 Å². The van der Waals surface area contributed by atoms with Crippen molar-refractivity contribution >= 4 is 17.5 Å². The summed E-state index contributed by atoms with van der Waals surface area (Å²) in [6, 6.07) is 14.7. The number of anilines is 1. The number of nitrogens with zero attached hydrogens (tertiary/aromatic N) is 2. The first-order chi connectivity index (χ1) is 13.6. The summed E-state index contributed by atoms with van der Waals surface area (Å²) < 4.78 is 10.4. The highest BCUT2D eigenvalue weighted by molar-refractivity contribution is 5.96. The van der Waals surface area contributed by atoms with Gasteiger partial charge in [0.25, 0.3) is 5.91 Å². The van der Waals surface area contributed by atoms with Crippen molar-refractivity contribution in [2.24, 2.45) is 0 Å². The van der Waals surface area contributed by atoms with E-state index in [2.05, 4.69) is 10.2 Å². The Balaban J connectivity index is 1.49. The van der Waals surface area contributed by atoms with E-state index in [9.17, 15) is 9.59 Å². The molecule has 0 radical (unpaired) electrons. The molecule has 2 aromatic carbocycles. The van der Waals surface area contributed by atoms with Crippen molar-refractivity contribution in [3.63, 3.8) is 0 Å². The molecule has 0 bridgehead atoms. The van der Waals surface area contributed by atoms with E-state index in [-0.39, 0.29) is 18.4 Å². The highest BCUT2D eigenvalue weighted by atomic mass is 16.5. The number of ether oxygens (including phenoxy) is 2. The third-order valence-electron chi connectivity index (χ3n) is 4.78. The number of carbonyl (C=O) groups excluding carboxylic acids is 2. The Morgan fingerprint density at radius 1 is 0.929 bits per heavy atom. The van der Waals surface area contributed by atoms with Crippen LogP contribution in [-0.2, 0) is 4.79 Å². The number of hydrogen-bond acceptors (Lipinski definition) is 5. The van der Waals surface area contributed by atoms with Crippen molar-refractivity contribution in [3.8, 4) is 11.5 Å². The van der Waals surface area contributed by atoms with Crippen LogP contribution in [0.15, 0.2) is 48.5 Å². The third kappa shape index (κ3) is 4.73. The standard InChI is InChI=1S/C21H25N3O4/c1-27-18-7-3-5-16(13-18)21(26)22-15-20(25)24-11-9-23(10-12-24)17-6-4-8-19(14-17)28-2/h3-8,13-14H,9-12,15H2,1-2H3,(H,22,26). The van der Waals surface area contributed by atoms with Crippen LogP contribution in [0.25, 0.3) is 0 Å². The molecule has 1 heterocycles. The van der Waals surface area contributed by atoms with Crippen molar-refractivity contribution in [2.75, 3.05) is 51.8 Å². The average molecular weight is 383 g/mol. The Morgan fingerprint density at radius 2 is 1.57 bits per heavy atom. The number of amides is 2. The zero-order chi connectivity index (χ0) is 19.9. The van der Waals surface area contributed by atoms with E-state index in [0.717, 1.165) is 24.5 Å². The fourth-order valence-electron chi connectivity index (χ4n) is 3.16. The Morgan fingerprint density at radius 3 is 2.25 bits per heavy atom. The molecule has 0 aromatic heterocycles. The molecule has 1 N–H and O–H groups in total. The minimum Gasteiger partial charge on any atom is -0.497 e. The molecule has 1 aliphatic heterocycles. The van der Waals surface area contributed by atoms with Crippen molar-refractivity contribution in [2.45, 2.75) is 0 Å². The highest BCUT2D eigenvalue weighted by Crippen LogP contribution is 2.22. The monoisotopic (exact) mass is 383 g/mol. The lowest BCUT2D eigenvalue weighted by atomic mass is 10.2. The Labute approximate surface area is 164 Å². The van der Waals surface area contributed by atoms with Gasteiger partial charge < -0.3 is 24.6 Å². The van der Waals surface area contributed by atoms with Crippen LogP contribution in [0.3, 0.4) is 0 Å². The SMILES string of the molecule is COc1cccc(C(=O)NCC(=O)N2CCN(c3cccc(OC)c3)CC2)c1. The normalized spacial score (nSPS) is 13.8. The second kappa shape index (κ2) is 9.12. The zero-order valence-electron chi connectivity index (χ0n) is 16.2. The van der Waals surface area contributed by atoms with Gasteiger partial charge in [-0.05, 0) is 30.3 Å². The molecule has 7 nitrogen and oxygen atoms in total. The Bertz CT molecular complexity index is 832. The summed E-state index contributed by atoms with van der Waals surface area (Å²) in [4.78, 5) is 28.7. The molecule has 0 spiro atoms. The fraction of sp³-hybridized carbons (Fsp3) is 0.333. The molecule has 148 valence electrons. The summed E-state index contributed by atoms with van der Waals surface area (Å²) in [5.41, 5.74) is 1.55. The second-order valence-corrected chi connectivity index (χ2v) is 6.48. The maximum atomic E-state index is 12.4. The number of carbonyl (C=O) groups is 2. The molecule has 1 saturated heterocycles. The number of nitrogens with one attached hydrogen (secondary N) is 1. The largest absolute Gasteiger partial charge is 0.497 e. The molecular formula is C21H25N3O4. The molecule has 1 fully saturated rings. The number of rotatable bonds is 6. The lowest BCUT2D eigenvalue weighted by molar-refractivity contribution is -0.130. The average Bonchev–Trinajstić information content (AvgIpc) is 2.77.